The summed E-state index contributed by atoms with van der Waals surface area (Å²) in [4.78, 5) is 3.08. The number of aryl methyl sites for hydroxylation is 1. The third kappa shape index (κ3) is 1.97. The zero-order chi connectivity index (χ0) is 13.6. The van der Waals surface area contributed by atoms with Crippen molar-refractivity contribution in [1.82, 2.24) is 9.55 Å². The van der Waals surface area contributed by atoms with E-state index in [1.807, 2.05) is 25.1 Å². The van der Waals surface area contributed by atoms with Gasteiger partial charge in [0.2, 0.25) is 0 Å². The van der Waals surface area contributed by atoms with Crippen LogP contribution in [0.3, 0.4) is 0 Å². The Morgan fingerprint density at radius 2 is 2.05 bits per heavy atom. The molecule has 1 heterocycles. The molecule has 2 nitrogen and oxygen atoms in total. The van der Waals surface area contributed by atoms with Crippen molar-refractivity contribution in [3.8, 4) is 5.69 Å². The average Bonchev–Trinajstić information content (AvgIpc) is 2.70. The van der Waals surface area contributed by atoms with Crippen molar-refractivity contribution in [3.63, 3.8) is 0 Å². The molecule has 96 valence electrons. The van der Waals surface area contributed by atoms with Gasteiger partial charge in [-0.1, -0.05) is 23.7 Å². The summed E-state index contributed by atoms with van der Waals surface area (Å²) >= 11 is 11.2. The average molecular weight is 293 g/mol. The molecule has 1 N–H and O–H groups in total. The zero-order valence-electron chi connectivity index (χ0n) is 10.1. The second-order valence-electron chi connectivity index (χ2n) is 4.33. The molecule has 1 aromatic heterocycles. The number of imidazole rings is 1. The normalized spacial score (nSPS) is 11.1. The molecule has 0 saturated carbocycles. The Morgan fingerprint density at radius 3 is 2.84 bits per heavy atom. The van der Waals surface area contributed by atoms with E-state index in [1.165, 1.54) is 12.1 Å². The lowest BCUT2D eigenvalue weighted by atomic mass is 10.2. The molecule has 19 heavy (non-hydrogen) atoms. The molecule has 0 atom stereocenters. The number of hydrogen-bond acceptors (Lipinski definition) is 1. The fourth-order valence-electron chi connectivity index (χ4n) is 2.22. The predicted octanol–water partition coefficient (Wildman–Crippen LogP) is 4.79. The van der Waals surface area contributed by atoms with Crippen LogP contribution in [0, 0.1) is 17.5 Å². The van der Waals surface area contributed by atoms with Crippen molar-refractivity contribution in [3.05, 3.63) is 57.6 Å². The molecular weight excluding hydrogens is 283 g/mol. The second kappa shape index (κ2) is 4.47. The minimum Gasteiger partial charge on any atom is -0.330 e. The van der Waals surface area contributed by atoms with Crippen LogP contribution in [-0.4, -0.2) is 9.55 Å². The van der Waals surface area contributed by atoms with E-state index >= 15 is 0 Å². The predicted molar refractivity (Wildman–Crippen MR) is 78.2 cm³/mol. The van der Waals surface area contributed by atoms with Crippen LogP contribution in [0.25, 0.3) is 16.7 Å². The second-order valence-corrected chi connectivity index (χ2v) is 5.16. The Balaban J connectivity index is 2.46. The van der Waals surface area contributed by atoms with Crippen molar-refractivity contribution < 1.29 is 4.39 Å². The van der Waals surface area contributed by atoms with Crippen molar-refractivity contribution in [2.45, 2.75) is 6.92 Å². The number of nitrogens with one attached hydrogen (secondary N) is 1. The molecule has 0 spiro atoms. The molecule has 5 heteroatoms. The molecule has 0 radical (unpaired) electrons. The maximum Gasteiger partial charge on any atom is 0.182 e. The summed E-state index contributed by atoms with van der Waals surface area (Å²) in [6.07, 6.45) is 0. The van der Waals surface area contributed by atoms with E-state index in [0.717, 1.165) is 16.6 Å². The Kier molecular flexibility index (Phi) is 2.92. The summed E-state index contributed by atoms with van der Waals surface area (Å²) in [7, 11) is 0. The smallest absolute Gasteiger partial charge is 0.182 e. The quantitative estimate of drug-likeness (QED) is 0.640. The summed E-state index contributed by atoms with van der Waals surface area (Å²) in [6, 6.07) is 10.2. The summed E-state index contributed by atoms with van der Waals surface area (Å²) in [5.41, 5.74) is 3.13. The van der Waals surface area contributed by atoms with Gasteiger partial charge in [-0.3, -0.25) is 4.57 Å². The SMILES string of the molecule is Cc1cccc2[nH]c(=S)n(-c3cc(Cl)ccc3F)c12. The van der Waals surface area contributed by atoms with Crippen molar-refractivity contribution >= 4 is 34.9 Å². The van der Waals surface area contributed by atoms with Crippen LogP contribution in [0.5, 0.6) is 0 Å². The van der Waals surface area contributed by atoms with E-state index in [9.17, 15) is 4.39 Å². The van der Waals surface area contributed by atoms with E-state index in [1.54, 1.807) is 10.6 Å². The minimum atomic E-state index is -0.357. The van der Waals surface area contributed by atoms with E-state index in [0.29, 0.717) is 15.5 Å². The van der Waals surface area contributed by atoms with Gasteiger partial charge in [-0.05, 0) is 49.0 Å². The molecule has 0 bridgehead atoms. The van der Waals surface area contributed by atoms with Crippen molar-refractivity contribution in [1.29, 1.82) is 0 Å². The molecule has 0 saturated heterocycles. The molecule has 2 aromatic carbocycles. The Hall–Kier alpha value is -1.65. The van der Waals surface area contributed by atoms with E-state index < -0.39 is 0 Å². The van der Waals surface area contributed by atoms with Crippen molar-refractivity contribution in [2.24, 2.45) is 0 Å². The number of nitrogens with zero attached hydrogens (tertiary/aromatic N) is 1. The van der Waals surface area contributed by atoms with Gasteiger partial charge in [-0.25, -0.2) is 4.39 Å². The molecule has 0 amide bonds. The summed E-state index contributed by atoms with van der Waals surface area (Å²) < 4.78 is 16.2. The number of benzene rings is 2. The minimum absolute atomic E-state index is 0.357. The number of para-hydroxylation sites is 1. The number of rotatable bonds is 1. The Morgan fingerprint density at radius 1 is 1.26 bits per heavy atom. The highest BCUT2D eigenvalue weighted by molar-refractivity contribution is 7.71. The van der Waals surface area contributed by atoms with E-state index in [-0.39, 0.29) is 5.82 Å². The highest BCUT2D eigenvalue weighted by atomic mass is 35.5. The number of halogens is 2. The molecule has 0 aliphatic rings. The molecule has 3 rings (SSSR count). The molecule has 0 unspecified atom stereocenters. The molecule has 3 aromatic rings. The molecular formula is C14H10ClFN2S. The fraction of sp³-hybridized carbons (Fsp3) is 0.0714. The van der Waals surface area contributed by atoms with Gasteiger partial charge in [0.25, 0.3) is 0 Å². The number of aromatic nitrogens is 2. The van der Waals surface area contributed by atoms with Crippen LogP contribution in [-0.2, 0) is 0 Å². The third-order valence-electron chi connectivity index (χ3n) is 3.06. The number of fused-ring (bicyclic) bond motifs is 1. The lowest BCUT2D eigenvalue weighted by Gasteiger charge is -2.08. The van der Waals surface area contributed by atoms with Gasteiger partial charge >= 0.3 is 0 Å². The summed E-state index contributed by atoms with van der Waals surface area (Å²) in [6.45, 7) is 1.96. The fourth-order valence-corrected chi connectivity index (χ4v) is 2.68. The van der Waals surface area contributed by atoms with Gasteiger partial charge < -0.3 is 4.98 Å². The van der Waals surface area contributed by atoms with Gasteiger partial charge in [0.1, 0.15) is 5.82 Å². The highest BCUT2D eigenvalue weighted by Crippen LogP contribution is 2.26. The van der Waals surface area contributed by atoms with Crippen LogP contribution in [0.15, 0.2) is 36.4 Å². The first-order valence-electron chi connectivity index (χ1n) is 5.73. The van der Waals surface area contributed by atoms with Crippen LogP contribution in [0.1, 0.15) is 5.56 Å². The van der Waals surface area contributed by atoms with Crippen LogP contribution >= 0.6 is 23.8 Å². The van der Waals surface area contributed by atoms with E-state index in [2.05, 4.69) is 4.98 Å². The van der Waals surface area contributed by atoms with E-state index in [4.69, 9.17) is 23.8 Å². The van der Waals surface area contributed by atoms with Crippen LogP contribution in [0.2, 0.25) is 5.02 Å². The van der Waals surface area contributed by atoms with Gasteiger partial charge in [0, 0.05) is 5.02 Å². The van der Waals surface area contributed by atoms with Crippen LogP contribution in [0.4, 0.5) is 4.39 Å². The Labute approximate surface area is 119 Å². The molecule has 0 aliphatic heterocycles. The van der Waals surface area contributed by atoms with Crippen LogP contribution < -0.4 is 0 Å². The maximum absolute atomic E-state index is 14.0. The lowest BCUT2D eigenvalue weighted by molar-refractivity contribution is 0.619. The zero-order valence-corrected chi connectivity index (χ0v) is 11.6. The van der Waals surface area contributed by atoms with Crippen molar-refractivity contribution in [2.75, 3.05) is 0 Å². The summed E-state index contributed by atoms with van der Waals surface area (Å²) in [5.74, 6) is -0.357. The van der Waals surface area contributed by atoms with Gasteiger partial charge in [0.05, 0.1) is 16.7 Å². The topological polar surface area (TPSA) is 20.7 Å². The first-order chi connectivity index (χ1) is 9.08. The lowest BCUT2D eigenvalue weighted by Crippen LogP contribution is -1.98. The highest BCUT2D eigenvalue weighted by Gasteiger charge is 2.12. The third-order valence-corrected chi connectivity index (χ3v) is 3.57. The molecule has 0 aliphatic carbocycles. The first-order valence-corrected chi connectivity index (χ1v) is 6.52. The number of hydrogen-bond donors (Lipinski definition) is 1. The standard InChI is InChI=1S/C14H10ClFN2S/c1-8-3-2-4-11-13(8)18(14(19)17-11)12-7-9(15)5-6-10(12)16/h2-7H,1H3,(H,17,19). The van der Waals surface area contributed by atoms with Gasteiger partial charge in [-0.15, -0.1) is 0 Å². The number of aromatic amines is 1. The monoisotopic (exact) mass is 292 g/mol. The van der Waals surface area contributed by atoms with Gasteiger partial charge in [-0.2, -0.15) is 0 Å². The largest absolute Gasteiger partial charge is 0.330 e. The summed E-state index contributed by atoms with van der Waals surface area (Å²) in [5, 5.41) is 0.473. The van der Waals surface area contributed by atoms with Gasteiger partial charge in [0.15, 0.2) is 4.77 Å². The number of H-pyrrole nitrogens is 1. The maximum atomic E-state index is 14.0. The molecule has 0 fully saturated rings. The first kappa shape index (κ1) is 12.4. The Bertz CT molecular complexity index is 835.